The topological polar surface area (TPSA) is 82.8 Å². The van der Waals surface area contributed by atoms with Gasteiger partial charge in [-0.3, -0.25) is 9.59 Å². The summed E-state index contributed by atoms with van der Waals surface area (Å²) in [5.41, 5.74) is 1.50. The Hall–Kier alpha value is -4.56. The third kappa shape index (κ3) is 6.12. The highest BCUT2D eigenvalue weighted by Gasteiger charge is 2.31. The van der Waals surface area contributed by atoms with E-state index in [0.29, 0.717) is 48.6 Å². The number of carbonyl (C=O) groups is 2. The Morgan fingerprint density at radius 2 is 1.78 bits per heavy atom. The van der Waals surface area contributed by atoms with Crippen molar-refractivity contribution >= 4 is 40.6 Å². The molecule has 1 saturated heterocycles. The van der Waals surface area contributed by atoms with Crippen molar-refractivity contribution in [3.63, 3.8) is 0 Å². The highest BCUT2D eigenvalue weighted by molar-refractivity contribution is 6.31. The Morgan fingerprint density at radius 3 is 2.49 bits per heavy atom. The zero-order chi connectivity index (χ0) is 29.3. The number of rotatable bonds is 3. The maximum Gasteiger partial charge on any atom is 0.416 e. The molecule has 1 N–H and O–H groups in total. The summed E-state index contributed by atoms with van der Waals surface area (Å²) in [7, 11) is 0. The molecule has 2 aromatic heterocycles. The molecular formula is C29H24ClF3N6O2. The molecule has 1 aliphatic rings. The normalized spacial score (nSPS) is 13.6. The minimum atomic E-state index is -4.60. The third-order valence-corrected chi connectivity index (χ3v) is 7.00. The first-order chi connectivity index (χ1) is 19.5. The number of aromatic nitrogens is 3. The second-order valence-electron chi connectivity index (χ2n) is 9.51. The van der Waals surface area contributed by atoms with E-state index >= 15 is 0 Å². The number of benzene rings is 2. The van der Waals surface area contributed by atoms with Crippen molar-refractivity contribution in [3.8, 4) is 11.8 Å². The zero-order valence-corrected chi connectivity index (χ0v) is 22.8. The average molecular weight is 581 g/mol. The van der Waals surface area contributed by atoms with Gasteiger partial charge in [0.25, 0.3) is 5.91 Å². The molecule has 41 heavy (non-hydrogen) atoms. The lowest BCUT2D eigenvalue weighted by Crippen LogP contribution is -2.48. The summed E-state index contributed by atoms with van der Waals surface area (Å²) in [6.45, 7) is 5.84. The van der Waals surface area contributed by atoms with Crippen LogP contribution in [0.3, 0.4) is 0 Å². The lowest BCUT2D eigenvalue weighted by Gasteiger charge is -2.34. The zero-order valence-electron chi connectivity index (χ0n) is 22.1. The van der Waals surface area contributed by atoms with Crippen LogP contribution in [0.4, 0.5) is 24.7 Å². The number of fused-ring (bicyclic) bond motifs is 1. The van der Waals surface area contributed by atoms with E-state index < -0.39 is 17.6 Å². The molecule has 2 amide bonds. The van der Waals surface area contributed by atoms with Crippen molar-refractivity contribution in [2.45, 2.75) is 20.0 Å². The number of amides is 2. The van der Waals surface area contributed by atoms with Gasteiger partial charge < -0.3 is 15.1 Å². The van der Waals surface area contributed by atoms with E-state index in [2.05, 4.69) is 27.0 Å². The summed E-state index contributed by atoms with van der Waals surface area (Å²) in [4.78, 5) is 32.9. The van der Waals surface area contributed by atoms with Crippen molar-refractivity contribution in [1.82, 2.24) is 19.5 Å². The van der Waals surface area contributed by atoms with Crippen LogP contribution in [0.1, 0.15) is 39.7 Å². The van der Waals surface area contributed by atoms with Crippen LogP contribution in [0.25, 0.3) is 5.65 Å². The molecule has 4 aromatic rings. The first-order valence-corrected chi connectivity index (χ1v) is 13.0. The van der Waals surface area contributed by atoms with Crippen molar-refractivity contribution < 1.29 is 22.8 Å². The van der Waals surface area contributed by atoms with Gasteiger partial charge in [-0.2, -0.15) is 13.2 Å². The first-order valence-electron chi connectivity index (χ1n) is 12.7. The predicted octanol–water partition coefficient (Wildman–Crippen LogP) is 5.03. The van der Waals surface area contributed by atoms with Gasteiger partial charge in [-0.1, -0.05) is 23.6 Å². The van der Waals surface area contributed by atoms with Gasteiger partial charge in [-0.15, -0.1) is 5.10 Å². The Morgan fingerprint density at radius 1 is 1.02 bits per heavy atom. The van der Waals surface area contributed by atoms with E-state index in [4.69, 9.17) is 16.7 Å². The van der Waals surface area contributed by atoms with E-state index in [-0.39, 0.29) is 22.2 Å². The average Bonchev–Trinajstić information content (AvgIpc) is 3.34. The number of hydrogen-bond donors (Lipinski definition) is 1. The number of hydrogen-bond acceptors (Lipinski definition) is 5. The maximum absolute atomic E-state index is 13.2. The van der Waals surface area contributed by atoms with Gasteiger partial charge in [0.05, 0.1) is 11.8 Å². The van der Waals surface area contributed by atoms with Gasteiger partial charge in [-0.25, -0.2) is 9.50 Å². The Balaban J connectivity index is 1.37. The number of carbonyl (C=O) groups excluding carboxylic acids is 2. The van der Waals surface area contributed by atoms with E-state index in [1.807, 2.05) is 12.1 Å². The number of imidazole rings is 1. The molecule has 0 radical (unpaired) electrons. The fourth-order valence-corrected chi connectivity index (χ4v) is 4.78. The highest BCUT2D eigenvalue weighted by Crippen LogP contribution is 2.33. The molecule has 0 aliphatic carbocycles. The Bertz CT molecular complexity index is 1720. The van der Waals surface area contributed by atoms with Crippen LogP contribution in [0.2, 0.25) is 5.02 Å². The van der Waals surface area contributed by atoms with Gasteiger partial charge in [0.15, 0.2) is 5.65 Å². The van der Waals surface area contributed by atoms with Gasteiger partial charge in [0, 0.05) is 54.9 Å². The molecule has 2 aromatic carbocycles. The van der Waals surface area contributed by atoms with Gasteiger partial charge >= 0.3 is 6.18 Å². The molecule has 0 bridgehead atoms. The van der Waals surface area contributed by atoms with Gasteiger partial charge in [-0.05, 0) is 60.9 Å². The number of alkyl halides is 3. The minimum absolute atomic E-state index is 0.0529. The Kier molecular flexibility index (Phi) is 7.60. The largest absolute Gasteiger partial charge is 0.416 e. The molecule has 210 valence electrons. The number of halogens is 4. The van der Waals surface area contributed by atoms with E-state index in [9.17, 15) is 22.8 Å². The third-order valence-electron chi connectivity index (χ3n) is 6.78. The van der Waals surface area contributed by atoms with Crippen LogP contribution in [0.15, 0.2) is 54.7 Å². The molecule has 5 rings (SSSR count). The first kappa shape index (κ1) is 28.0. The minimum Gasteiger partial charge on any atom is -0.352 e. The summed E-state index contributed by atoms with van der Waals surface area (Å²) in [5.74, 6) is 6.33. The second kappa shape index (κ2) is 11.1. The van der Waals surface area contributed by atoms with E-state index in [1.165, 1.54) is 6.07 Å². The Labute approximate surface area is 238 Å². The number of nitrogens with one attached hydrogen (secondary N) is 1. The van der Waals surface area contributed by atoms with Crippen LogP contribution in [-0.2, 0) is 11.0 Å². The van der Waals surface area contributed by atoms with Crippen LogP contribution in [0.5, 0.6) is 0 Å². The van der Waals surface area contributed by atoms with Crippen LogP contribution >= 0.6 is 11.6 Å². The summed E-state index contributed by atoms with van der Waals surface area (Å²) < 4.78 is 41.1. The van der Waals surface area contributed by atoms with Crippen LogP contribution in [0, 0.1) is 18.8 Å². The predicted molar refractivity (Wildman–Crippen MR) is 149 cm³/mol. The molecule has 3 heterocycles. The molecule has 0 spiro atoms. The summed E-state index contributed by atoms with van der Waals surface area (Å²) in [6.07, 6.45) is -3.00. The molecule has 12 heteroatoms. The van der Waals surface area contributed by atoms with Gasteiger partial charge in [0.1, 0.15) is 11.5 Å². The van der Waals surface area contributed by atoms with E-state index in [1.54, 1.807) is 47.7 Å². The van der Waals surface area contributed by atoms with Gasteiger partial charge in [0.2, 0.25) is 5.91 Å². The molecular weight excluding hydrogens is 557 g/mol. The lowest BCUT2D eigenvalue weighted by molar-refractivity contribution is -0.137. The molecule has 8 nitrogen and oxygen atoms in total. The number of piperazine rings is 1. The van der Waals surface area contributed by atoms with Crippen molar-refractivity contribution in [1.29, 1.82) is 0 Å². The molecule has 0 atom stereocenters. The van der Waals surface area contributed by atoms with Crippen molar-refractivity contribution in [2.24, 2.45) is 0 Å². The fourth-order valence-electron chi connectivity index (χ4n) is 4.54. The summed E-state index contributed by atoms with van der Waals surface area (Å²) in [6, 6.07) is 11.6. The molecule has 1 aliphatic heterocycles. The second-order valence-corrected chi connectivity index (χ2v) is 9.94. The lowest BCUT2D eigenvalue weighted by atomic mass is 10.0. The van der Waals surface area contributed by atoms with Crippen LogP contribution in [-0.4, -0.2) is 57.5 Å². The monoisotopic (exact) mass is 580 g/mol. The molecule has 0 saturated carbocycles. The smallest absolute Gasteiger partial charge is 0.352 e. The summed E-state index contributed by atoms with van der Waals surface area (Å²) in [5, 5.41) is 7.06. The molecule has 0 unspecified atom stereocenters. The van der Waals surface area contributed by atoms with E-state index in [0.717, 1.165) is 18.0 Å². The SMILES string of the molecule is CC(=O)N1CCN(c2ccc3ncc(C#Cc4cccc(C(=O)Nc5cc(Cl)cc(C(F)(F)F)c5)c4C)n3n2)CC1. The quantitative estimate of drug-likeness (QED) is 0.344. The van der Waals surface area contributed by atoms with Crippen molar-refractivity contribution in [3.05, 3.63) is 87.7 Å². The van der Waals surface area contributed by atoms with Crippen molar-refractivity contribution in [2.75, 3.05) is 36.4 Å². The highest BCUT2D eigenvalue weighted by atomic mass is 35.5. The maximum atomic E-state index is 13.2. The van der Waals surface area contributed by atoms with Crippen LogP contribution < -0.4 is 10.2 Å². The number of anilines is 2. The standard InChI is InChI=1S/C29H24ClF3N6O2/c1-18-20(4-3-5-25(18)28(41)35-23-15-21(29(31,32)33)14-22(30)16-23)6-7-24-17-34-26-8-9-27(36-39(24)26)38-12-10-37(11-13-38)19(2)40/h3-5,8-9,14-17H,10-13H2,1-2H3,(H,35,41). The summed E-state index contributed by atoms with van der Waals surface area (Å²) >= 11 is 5.85. The number of nitrogens with zero attached hydrogens (tertiary/aromatic N) is 5. The molecule has 1 fully saturated rings. The fraction of sp³-hybridized carbons (Fsp3) is 0.241.